The van der Waals surface area contributed by atoms with Gasteiger partial charge in [0.15, 0.2) is 0 Å². The molecule has 2 N–H and O–H groups in total. The highest BCUT2D eigenvalue weighted by Crippen LogP contribution is 2.37. The number of fused-ring (bicyclic) bond motifs is 1. The molecule has 0 bridgehead atoms. The van der Waals surface area contributed by atoms with E-state index in [2.05, 4.69) is 28.4 Å². The lowest BCUT2D eigenvalue weighted by molar-refractivity contribution is -0.117. The molecular formula is C25H31N3O4. The number of amides is 1. The van der Waals surface area contributed by atoms with Crippen molar-refractivity contribution in [1.29, 1.82) is 5.26 Å². The molecule has 3 rings (SSSR count). The van der Waals surface area contributed by atoms with Crippen LogP contribution in [0.15, 0.2) is 42.0 Å². The van der Waals surface area contributed by atoms with Gasteiger partial charge in [-0.2, -0.15) is 5.26 Å². The van der Waals surface area contributed by atoms with Gasteiger partial charge in [0.1, 0.15) is 11.6 Å². The molecule has 32 heavy (non-hydrogen) atoms. The van der Waals surface area contributed by atoms with Crippen molar-refractivity contribution in [1.82, 2.24) is 5.32 Å². The van der Waals surface area contributed by atoms with Crippen molar-refractivity contribution in [2.24, 2.45) is 0 Å². The molecule has 2 aromatic rings. The lowest BCUT2D eigenvalue weighted by Gasteiger charge is -2.24. The van der Waals surface area contributed by atoms with Crippen molar-refractivity contribution in [2.75, 3.05) is 57.6 Å². The topological polar surface area (TPSA) is 94.8 Å². The second-order valence-corrected chi connectivity index (χ2v) is 7.69. The second-order valence-electron chi connectivity index (χ2n) is 7.69. The van der Waals surface area contributed by atoms with Crippen LogP contribution in [-0.2, 0) is 14.3 Å². The predicted octanol–water partition coefficient (Wildman–Crippen LogP) is 2.88. The Balaban J connectivity index is 1.75. The summed E-state index contributed by atoms with van der Waals surface area (Å²) in [7, 11) is 0. The first-order chi connectivity index (χ1) is 15.7. The van der Waals surface area contributed by atoms with Crippen LogP contribution in [0.4, 0.5) is 5.69 Å². The van der Waals surface area contributed by atoms with Crippen LogP contribution >= 0.6 is 0 Å². The van der Waals surface area contributed by atoms with Crippen LogP contribution in [0.1, 0.15) is 25.3 Å². The average Bonchev–Trinajstić information content (AvgIpc) is 3.35. The number of carbonyl (C=O) groups is 1. The van der Waals surface area contributed by atoms with E-state index in [4.69, 9.17) is 14.6 Å². The van der Waals surface area contributed by atoms with Gasteiger partial charge in [-0.15, -0.1) is 0 Å². The Labute approximate surface area is 189 Å². The Hall–Kier alpha value is -2.92. The van der Waals surface area contributed by atoms with Gasteiger partial charge in [0, 0.05) is 30.6 Å². The van der Waals surface area contributed by atoms with Gasteiger partial charge < -0.3 is 24.8 Å². The highest BCUT2D eigenvalue weighted by molar-refractivity contribution is 6.08. The van der Waals surface area contributed by atoms with E-state index in [0.29, 0.717) is 31.9 Å². The number of ether oxygens (including phenoxy) is 2. The first kappa shape index (κ1) is 23.7. The van der Waals surface area contributed by atoms with E-state index in [0.717, 1.165) is 48.0 Å². The van der Waals surface area contributed by atoms with Crippen LogP contribution in [-0.4, -0.2) is 63.7 Å². The SMILES string of the molecule is C/C(=C(/C#N)C(=O)NCCOCCOCCO)c1ccc2ccccc2c1N1CCCC1. The number of hydrogen-bond donors (Lipinski definition) is 2. The Morgan fingerprint density at radius 2 is 1.81 bits per heavy atom. The van der Waals surface area contributed by atoms with Crippen LogP contribution in [0.5, 0.6) is 0 Å². The monoisotopic (exact) mass is 437 g/mol. The fourth-order valence-electron chi connectivity index (χ4n) is 3.99. The number of anilines is 1. The van der Waals surface area contributed by atoms with Crippen molar-refractivity contribution in [3.63, 3.8) is 0 Å². The van der Waals surface area contributed by atoms with Crippen molar-refractivity contribution in [3.05, 3.63) is 47.5 Å². The van der Waals surface area contributed by atoms with E-state index in [1.165, 1.54) is 0 Å². The molecule has 7 nitrogen and oxygen atoms in total. The molecule has 0 saturated carbocycles. The summed E-state index contributed by atoms with van der Waals surface area (Å²) in [6.45, 7) is 5.44. The number of nitriles is 1. The zero-order valence-electron chi connectivity index (χ0n) is 18.6. The number of nitrogens with zero attached hydrogens (tertiary/aromatic N) is 2. The molecule has 0 radical (unpaired) electrons. The van der Waals surface area contributed by atoms with E-state index < -0.39 is 5.91 Å². The van der Waals surface area contributed by atoms with Gasteiger partial charge in [0.2, 0.25) is 0 Å². The second kappa shape index (κ2) is 12.2. The summed E-state index contributed by atoms with van der Waals surface area (Å²) in [5.74, 6) is -0.398. The van der Waals surface area contributed by atoms with E-state index in [-0.39, 0.29) is 18.8 Å². The third-order valence-corrected chi connectivity index (χ3v) is 5.58. The smallest absolute Gasteiger partial charge is 0.262 e. The number of aliphatic hydroxyl groups is 1. The molecule has 1 saturated heterocycles. The van der Waals surface area contributed by atoms with Crippen molar-refractivity contribution < 1.29 is 19.4 Å². The van der Waals surface area contributed by atoms with E-state index in [1.807, 2.05) is 31.2 Å². The summed E-state index contributed by atoms with van der Waals surface area (Å²) < 4.78 is 10.5. The van der Waals surface area contributed by atoms with Crippen LogP contribution in [0, 0.1) is 11.3 Å². The van der Waals surface area contributed by atoms with Gasteiger partial charge in [-0.25, -0.2) is 0 Å². The zero-order valence-corrected chi connectivity index (χ0v) is 18.6. The number of carbonyl (C=O) groups excluding carboxylic acids is 1. The third-order valence-electron chi connectivity index (χ3n) is 5.58. The standard InChI is InChI=1S/C25H31N3O4/c1-19(23(18-26)25(30)27-10-14-31-16-17-32-15-13-29)21-9-8-20-6-2-3-7-22(20)24(21)28-11-4-5-12-28/h2-3,6-9,29H,4-5,10-17H2,1H3,(H,27,30)/b23-19+. The molecule has 1 fully saturated rings. The number of benzene rings is 2. The Bertz CT molecular complexity index is 990. The maximum atomic E-state index is 12.7. The number of nitrogens with one attached hydrogen (secondary N) is 1. The molecule has 0 spiro atoms. The van der Waals surface area contributed by atoms with E-state index in [1.54, 1.807) is 0 Å². The van der Waals surface area contributed by atoms with Gasteiger partial charge in [-0.1, -0.05) is 36.4 Å². The van der Waals surface area contributed by atoms with Crippen molar-refractivity contribution in [2.45, 2.75) is 19.8 Å². The summed E-state index contributed by atoms with van der Waals surface area (Å²) in [6.07, 6.45) is 2.28. The molecule has 7 heteroatoms. The third kappa shape index (κ3) is 5.86. The van der Waals surface area contributed by atoms with Crippen LogP contribution in [0.2, 0.25) is 0 Å². The molecule has 1 aliphatic rings. The molecule has 0 aliphatic carbocycles. The number of aliphatic hydroxyl groups excluding tert-OH is 1. The summed E-state index contributed by atoms with van der Waals surface area (Å²) in [5, 5.41) is 23.5. The average molecular weight is 438 g/mol. The molecule has 1 heterocycles. The van der Waals surface area contributed by atoms with E-state index in [9.17, 15) is 10.1 Å². The fourth-order valence-corrected chi connectivity index (χ4v) is 3.99. The molecular weight excluding hydrogens is 406 g/mol. The van der Waals surface area contributed by atoms with Crippen LogP contribution < -0.4 is 10.2 Å². The quantitative estimate of drug-likeness (QED) is 0.319. The lowest BCUT2D eigenvalue weighted by atomic mass is 9.95. The molecule has 1 aliphatic heterocycles. The Morgan fingerprint density at radius 1 is 1.09 bits per heavy atom. The molecule has 0 unspecified atom stereocenters. The largest absolute Gasteiger partial charge is 0.394 e. The van der Waals surface area contributed by atoms with Crippen molar-refractivity contribution in [3.8, 4) is 6.07 Å². The maximum Gasteiger partial charge on any atom is 0.262 e. The Kier molecular flexibility index (Phi) is 9.05. The van der Waals surface area contributed by atoms with Crippen LogP contribution in [0.3, 0.4) is 0 Å². The summed E-state index contributed by atoms with van der Waals surface area (Å²) in [6, 6.07) is 14.4. The van der Waals surface area contributed by atoms with Crippen LogP contribution in [0.25, 0.3) is 16.3 Å². The summed E-state index contributed by atoms with van der Waals surface area (Å²) in [4.78, 5) is 15.1. The first-order valence-corrected chi connectivity index (χ1v) is 11.1. The first-order valence-electron chi connectivity index (χ1n) is 11.1. The Morgan fingerprint density at radius 3 is 2.53 bits per heavy atom. The molecule has 170 valence electrons. The van der Waals surface area contributed by atoms with Gasteiger partial charge in [0.25, 0.3) is 5.91 Å². The number of rotatable bonds is 11. The molecule has 0 atom stereocenters. The highest BCUT2D eigenvalue weighted by atomic mass is 16.5. The normalized spacial score (nSPS) is 14.3. The predicted molar refractivity (Wildman–Crippen MR) is 125 cm³/mol. The fraction of sp³-hybridized carbons (Fsp3) is 0.440. The minimum atomic E-state index is -0.398. The minimum Gasteiger partial charge on any atom is -0.394 e. The number of hydrogen-bond acceptors (Lipinski definition) is 6. The zero-order chi connectivity index (χ0) is 22.8. The maximum absolute atomic E-state index is 12.7. The van der Waals surface area contributed by atoms with Crippen molar-refractivity contribution >= 4 is 27.9 Å². The van der Waals surface area contributed by atoms with Gasteiger partial charge in [-0.05, 0) is 30.7 Å². The van der Waals surface area contributed by atoms with Gasteiger partial charge >= 0.3 is 0 Å². The molecule has 0 aromatic heterocycles. The van der Waals surface area contributed by atoms with E-state index >= 15 is 0 Å². The summed E-state index contributed by atoms with van der Waals surface area (Å²) >= 11 is 0. The number of allylic oxidation sites excluding steroid dienone is 1. The minimum absolute atomic E-state index is 0.0185. The van der Waals surface area contributed by atoms with Gasteiger partial charge in [-0.3, -0.25) is 4.79 Å². The lowest BCUT2D eigenvalue weighted by Crippen LogP contribution is -2.29. The van der Waals surface area contributed by atoms with Gasteiger partial charge in [0.05, 0.1) is 38.7 Å². The summed E-state index contributed by atoms with van der Waals surface area (Å²) in [5.41, 5.74) is 2.82. The molecule has 2 aromatic carbocycles. The highest BCUT2D eigenvalue weighted by Gasteiger charge is 2.22. The molecule has 1 amide bonds.